The van der Waals surface area contributed by atoms with Crippen molar-refractivity contribution >= 4 is 11.6 Å². The Bertz CT molecular complexity index is 509. The lowest BCUT2D eigenvalue weighted by Gasteiger charge is -2.04. The fourth-order valence-electron chi connectivity index (χ4n) is 1.25. The molecule has 0 bridgehead atoms. The molecule has 0 saturated heterocycles. The first-order valence-corrected chi connectivity index (χ1v) is 4.60. The van der Waals surface area contributed by atoms with Crippen LogP contribution in [0.4, 0.5) is 10.1 Å². The zero-order chi connectivity index (χ0) is 11.5. The number of aromatic amines is 1. The van der Waals surface area contributed by atoms with E-state index in [-0.39, 0.29) is 11.6 Å². The van der Waals surface area contributed by atoms with Gasteiger partial charge in [0.15, 0.2) is 11.6 Å². The van der Waals surface area contributed by atoms with E-state index in [2.05, 4.69) is 10.3 Å². The molecular weight excluding hydrogens is 211 g/mol. The Morgan fingerprint density at radius 3 is 2.81 bits per heavy atom. The summed E-state index contributed by atoms with van der Waals surface area (Å²) in [7, 11) is 0. The lowest BCUT2D eigenvalue weighted by molar-refractivity contribution is 0.102. The number of rotatable bonds is 2. The van der Waals surface area contributed by atoms with Crippen LogP contribution in [-0.4, -0.2) is 16.0 Å². The van der Waals surface area contributed by atoms with Crippen molar-refractivity contribution in [2.75, 3.05) is 5.32 Å². The number of nitrogens with one attached hydrogen (secondary N) is 2. The largest absolute Gasteiger partial charge is 0.505 e. The maximum absolute atomic E-state index is 13.0. The van der Waals surface area contributed by atoms with Gasteiger partial charge in [0.2, 0.25) is 0 Å². The highest BCUT2D eigenvalue weighted by Gasteiger charge is 2.07. The third-order valence-electron chi connectivity index (χ3n) is 2.05. The zero-order valence-corrected chi connectivity index (χ0v) is 8.20. The Labute approximate surface area is 90.7 Å². The molecule has 1 amide bonds. The van der Waals surface area contributed by atoms with Gasteiger partial charge in [0.05, 0.1) is 0 Å². The van der Waals surface area contributed by atoms with E-state index in [4.69, 9.17) is 5.11 Å². The number of carbonyl (C=O) groups excluding carboxylic acids is 1. The minimum atomic E-state index is -0.774. The number of phenols is 1. The van der Waals surface area contributed by atoms with Crippen molar-refractivity contribution in [1.29, 1.82) is 0 Å². The monoisotopic (exact) mass is 220 g/mol. The normalized spacial score (nSPS) is 10.1. The van der Waals surface area contributed by atoms with Crippen LogP contribution in [0, 0.1) is 5.82 Å². The van der Waals surface area contributed by atoms with Gasteiger partial charge in [0.25, 0.3) is 5.91 Å². The molecule has 1 aromatic heterocycles. The highest BCUT2D eigenvalue weighted by atomic mass is 19.1. The number of aromatic hydroxyl groups is 1. The predicted octanol–water partition coefficient (Wildman–Crippen LogP) is 2.11. The van der Waals surface area contributed by atoms with E-state index in [9.17, 15) is 9.18 Å². The van der Waals surface area contributed by atoms with E-state index in [1.807, 2.05) is 0 Å². The molecule has 1 heterocycles. The van der Waals surface area contributed by atoms with Crippen molar-refractivity contribution in [2.24, 2.45) is 0 Å². The van der Waals surface area contributed by atoms with E-state index < -0.39 is 11.6 Å². The number of aromatic nitrogens is 1. The summed E-state index contributed by atoms with van der Waals surface area (Å²) in [5.74, 6) is -1.59. The van der Waals surface area contributed by atoms with Gasteiger partial charge in [-0.3, -0.25) is 4.79 Å². The molecule has 5 heteroatoms. The number of carbonyl (C=O) groups is 1. The van der Waals surface area contributed by atoms with Crippen molar-refractivity contribution in [3.8, 4) is 5.75 Å². The average Bonchev–Trinajstić information content (AvgIpc) is 2.77. The van der Waals surface area contributed by atoms with Gasteiger partial charge in [-0.15, -0.1) is 0 Å². The maximum Gasteiger partial charge on any atom is 0.272 e. The second-order valence-corrected chi connectivity index (χ2v) is 3.20. The summed E-state index contributed by atoms with van der Waals surface area (Å²) in [6.45, 7) is 0. The molecule has 82 valence electrons. The molecule has 0 spiro atoms. The van der Waals surface area contributed by atoms with Gasteiger partial charge in [-0.05, 0) is 24.3 Å². The smallest absolute Gasteiger partial charge is 0.272 e. The van der Waals surface area contributed by atoms with Gasteiger partial charge in [0.1, 0.15) is 5.69 Å². The van der Waals surface area contributed by atoms with E-state index in [0.29, 0.717) is 5.69 Å². The number of hydrogen-bond acceptors (Lipinski definition) is 2. The number of H-pyrrole nitrogens is 1. The first kappa shape index (κ1) is 10.2. The van der Waals surface area contributed by atoms with E-state index in [0.717, 1.165) is 6.07 Å². The molecule has 0 saturated carbocycles. The van der Waals surface area contributed by atoms with E-state index in [1.54, 1.807) is 18.3 Å². The Morgan fingerprint density at radius 2 is 2.19 bits per heavy atom. The van der Waals surface area contributed by atoms with Crippen molar-refractivity contribution in [3.63, 3.8) is 0 Å². The molecule has 0 atom stereocenters. The van der Waals surface area contributed by atoms with Crippen LogP contribution in [0.15, 0.2) is 36.5 Å². The van der Waals surface area contributed by atoms with Gasteiger partial charge in [-0.2, -0.15) is 0 Å². The molecule has 2 rings (SSSR count). The van der Waals surface area contributed by atoms with Gasteiger partial charge in [0, 0.05) is 18.0 Å². The summed E-state index contributed by atoms with van der Waals surface area (Å²) in [5, 5.41) is 11.5. The van der Waals surface area contributed by atoms with Gasteiger partial charge < -0.3 is 15.4 Å². The third-order valence-corrected chi connectivity index (χ3v) is 2.05. The Kier molecular flexibility index (Phi) is 2.59. The van der Waals surface area contributed by atoms with Crippen LogP contribution in [0.5, 0.6) is 5.75 Å². The van der Waals surface area contributed by atoms with Crippen LogP contribution in [-0.2, 0) is 0 Å². The molecule has 0 radical (unpaired) electrons. The van der Waals surface area contributed by atoms with Crippen LogP contribution in [0.2, 0.25) is 0 Å². The molecule has 1 aromatic carbocycles. The lowest BCUT2D eigenvalue weighted by Crippen LogP contribution is -2.12. The molecule has 2 aromatic rings. The summed E-state index contributed by atoms with van der Waals surface area (Å²) < 4.78 is 13.0. The number of hydrogen-bond donors (Lipinski definition) is 3. The van der Waals surface area contributed by atoms with Gasteiger partial charge in [-0.1, -0.05) is 0 Å². The summed E-state index contributed by atoms with van der Waals surface area (Å²) in [5.41, 5.74) is 0.670. The zero-order valence-electron chi connectivity index (χ0n) is 8.20. The summed E-state index contributed by atoms with van der Waals surface area (Å²) in [6.07, 6.45) is 1.62. The van der Waals surface area contributed by atoms with Crippen LogP contribution in [0.25, 0.3) is 0 Å². The topological polar surface area (TPSA) is 65.1 Å². The van der Waals surface area contributed by atoms with Crippen LogP contribution < -0.4 is 5.32 Å². The minimum absolute atomic E-state index is 0.287. The molecule has 0 fully saturated rings. The molecule has 16 heavy (non-hydrogen) atoms. The average molecular weight is 220 g/mol. The van der Waals surface area contributed by atoms with Gasteiger partial charge in [-0.25, -0.2) is 4.39 Å². The minimum Gasteiger partial charge on any atom is -0.505 e. The fraction of sp³-hybridized carbons (Fsp3) is 0. The van der Waals surface area contributed by atoms with Crippen LogP contribution >= 0.6 is 0 Å². The summed E-state index contributed by atoms with van der Waals surface area (Å²) >= 11 is 0. The third kappa shape index (κ3) is 2.03. The van der Waals surface area contributed by atoms with E-state index >= 15 is 0 Å². The molecule has 4 nitrogen and oxygen atoms in total. The second kappa shape index (κ2) is 4.06. The highest BCUT2D eigenvalue weighted by molar-refractivity contribution is 6.02. The fourth-order valence-corrected chi connectivity index (χ4v) is 1.25. The van der Waals surface area contributed by atoms with Crippen LogP contribution in [0.3, 0.4) is 0 Å². The second-order valence-electron chi connectivity index (χ2n) is 3.20. The highest BCUT2D eigenvalue weighted by Crippen LogP contribution is 2.19. The molecule has 3 N–H and O–H groups in total. The molecular formula is C11H9FN2O2. The van der Waals surface area contributed by atoms with Crippen molar-refractivity contribution in [1.82, 2.24) is 4.98 Å². The molecule has 0 unspecified atom stereocenters. The van der Waals surface area contributed by atoms with Gasteiger partial charge >= 0.3 is 0 Å². The molecule has 0 aliphatic rings. The van der Waals surface area contributed by atoms with Crippen molar-refractivity contribution in [3.05, 3.63) is 48.0 Å². The summed E-state index contributed by atoms with van der Waals surface area (Å²) in [6, 6.07) is 6.94. The van der Waals surface area contributed by atoms with Crippen molar-refractivity contribution < 1.29 is 14.3 Å². The number of benzene rings is 1. The number of anilines is 1. The lowest BCUT2D eigenvalue weighted by atomic mass is 10.3. The SMILES string of the molecule is O=C(Nc1ccc(O)c(F)c1)c1ccc[nH]1. The molecule has 0 aliphatic carbocycles. The Hall–Kier alpha value is -2.30. The Balaban J connectivity index is 2.15. The summed E-state index contributed by atoms with van der Waals surface area (Å²) in [4.78, 5) is 14.3. The molecule has 0 aliphatic heterocycles. The van der Waals surface area contributed by atoms with Crippen molar-refractivity contribution in [2.45, 2.75) is 0 Å². The standard InChI is InChI=1S/C11H9FN2O2/c12-8-6-7(3-4-10(8)15)14-11(16)9-2-1-5-13-9/h1-6,13,15H,(H,14,16). The first-order chi connectivity index (χ1) is 7.66. The first-order valence-electron chi connectivity index (χ1n) is 4.60. The number of halogens is 1. The van der Waals surface area contributed by atoms with Crippen LogP contribution in [0.1, 0.15) is 10.5 Å². The predicted molar refractivity (Wildman–Crippen MR) is 56.8 cm³/mol. The Morgan fingerprint density at radius 1 is 1.38 bits per heavy atom. The maximum atomic E-state index is 13.0. The van der Waals surface area contributed by atoms with E-state index in [1.165, 1.54) is 12.1 Å². The number of amides is 1. The quantitative estimate of drug-likeness (QED) is 0.678. The number of phenolic OH excluding ortho intramolecular Hbond substituents is 1.